The molecular formula is C19H26ClN3O2. The number of hydrogen-bond acceptors (Lipinski definition) is 2. The lowest BCUT2D eigenvalue weighted by molar-refractivity contribution is -0.127. The molecule has 2 fully saturated rings. The number of halogens is 1. The van der Waals surface area contributed by atoms with Crippen molar-refractivity contribution >= 4 is 23.5 Å². The van der Waals surface area contributed by atoms with E-state index in [2.05, 4.69) is 5.32 Å². The first-order chi connectivity index (χ1) is 12.0. The zero-order valence-electron chi connectivity index (χ0n) is 14.7. The molecule has 2 heterocycles. The summed E-state index contributed by atoms with van der Waals surface area (Å²) in [5.74, 6) is -0.101. The number of amides is 3. The van der Waals surface area contributed by atoms with Crippen molar-refractivity contribution in [3.63, 3.8) is 0 Å². The molecule has 6 heteroatoms. The number of nitrogens with one attached hydrogen (secondary N) is 1. The van der Waals surface area contributed by atoms with Crippen LogP contribution in [-0.4, -0.2) is 47.9 Å². The fourth-order valence-corrected chi connectivity index (χ4v) is 3.77. The lowest BCUT2D eigenvalue weighted by Crippen LogP contribution is -2.49. The zero-order chi connectivity index (χ0) is 17.8. The highest BCUT2D eigenvalue weighted by Gasteiger charge is 2.31. The van der Waals surface area contributed by atoms with Crippen LogP contribution in [-0.2, 0) is 4.79 Å². The first kappa shape index (κ1) is 18.1. The maximum absolute atomic E-state index is 12.6. The number of rotatable bonds is 3. The number of carbonyl (C=O) groups is 2. The summed E-state index contributed by atoms with van der Waals surface area (Å²) in [5, 5.41) is 3.77. The second kappa shape index (κ2) is 8.09. The molecule has 3 amide bonds. The van der Waals surface area contributed by atoms with E-state index in [9.17, 15) is 9.59 Å². The Morgan fingerprint density at radius 3 is 2.40 bits per heavy atom. The Balaban J connectivity index is 1.56. The number of hydrogen-bond donors (Lipinski definition) is 1. The van der Waals surface area contributed by atoms with Gasteiger partial charge in [0.15, 0.2) is 0 Å². The fourth-order valence-electron chi connectivity index (χ4n) is 3.64. The summed E-state index contributed by atoms with van der Waals surface area (Å²) in [4.78, 5) is 29.0. The van der Waals surface area contributed by atoms with Gasteiger partial charge in [0.05, 0.1) is 12.0 Å². The van der Waals surface area contributed by atoms with E-state index in [1.165, 1.54) is 0 Å². The van der Waals surface area contributed by atoms with Crippen molar-refractivity contribution in [2.24, 2.45) is 5.92 Å². The van der Waals surface area contributed by atoms with Crippen LogP contribution in [0.1, 0.15) is 44.2 Å². The van der Waals surface area contributed by atoms with E-state index in [4.69, 9.17) is 11.6 Å². The van der Waals surface area contributed by atoms with E-state index >= 15 is 0 Å². The molecule has 2 saturated heterocycles. The van der Waals surface area contributed by atoms with Gasteiger partial charge in [0.2, 0.25) is 5.91 Å². The van der Waals surface area contributed by atoms with Crippen LogP contribution in [0.3, 0.4) is 0 Å². The zero-order valence-corrected chi connectivity index (χ0v) is 15.5. The van der Waals surface area contributed by atoms with Crippen molar-refractivity contribution in [2.45, 2.75) is 38.6 Å². The van der Waals surface area contributed by atoms with Crippen molar-refractivity contribution in [1.82, 2.24) is 15.1 Å². The van der Waals surface area contributed by atoms with Crippen LogP contribution in [0, 0.1) is 5.92 Å². The molecule has 3 rings (SSSR count). The van der Waals surface area contributed by atoms with Gasteiger partial charge in [-0.05, 0) is 50.3 Å². The quantitative estimate of drug-likeness (QED) is 0.894. The van der Waals surface area contributed by atoms with Crippen LogP contribution in [0.25, 0.3) is 0 Å². The highest BCUT2D eigenvalue weighted by Crippen LogP contribution is 2.22. The monoisotopic (exact) mass is 363 g/mol. The van der Waals surface area contributed by atoms with Gasteiger partial charge in [-0.25, -0.2) is 4.79 Å². The van der Waals surface area contributed by atoms with E-state index in [0.29, 0.717) is 11.6 Å². The maximum atomic E-state index is 12.6. The second-order valence-corrected chi connectivity index (χ2v) is 7.48. The molecule has 0 spiro atoms. The molecule has 0 radical (unpaired) electrons. The normalized spacial score (nSPS) is 21.9. The number of likely N-dealkylation sites (tertiary alicyclic amines) is 2. The molecule has 2 aliphatic heterocycles. The lowest BCUT2D eigenvalue weighted by atomic mass is 9.96. The van der Waals surface area contributed by atoms with E-state index in [1.54, 1.807) is 0 Å². The minimum absolute atomic E-state index is 0.0290. The Bertz CT molecular complexity index is 614. The Morgan fingerprint density at radius 2 is 1.72 bits per heavy atom. The molecule has 25 heavy (non-hydrogen) atoms. The van der Waals surface area contributed by atoms with Gasteiger partial charge < -0.3 is 15.1 Å². The van der Waals surface area contributed by atoms with E-state index in [1.807, 2.05) is 41.0 Å². The van der Waals surface area contributed by atoms with Gasteiger partial charge >= 0.3 is 6.03 Å². The van der Waals surface area contributed by atoms with Gasteiger partial charge in [-0.2, -0.15) is 0 Å². The highest BCUT2D eigenvalue weighted by atomic mass is 35.5. The number of nitrogens with zero attached hydrogens (tertiary/aromatic N) is 2. The summed E-state index contributed by atoms with van der Waals surface area (Å²) in [6.07, 6.45) is 3.89. The predicted octanol–water partition coefficient (Wildman–Crippen LogP) is 3.45. The first-order valence-electron chi connectivity index (χ1n) is 9.14. The van der Waals surface area contributed by atoms with Crippen LogP contribution in [0.5, 0.6) is 0 Å². The number of carbonyl (C=O) groups excluding carboxylic acids is 2. The molecular weight excluding hydrogens is 338 g/mol. The average Bonchev–Trinajstić information content (AvgIpc) is 3.16. The van der Waals surface area contributed by atoms with E-state index in [-0.39, 0.29) is 23.9 Å². The summed E-state index contributed by atoms with van der Waals surface area (Å²) in [6.45, 7) is 4.94. The molecule has 1 N–H and O–H groups in total. The van der Waals surface area contributed by atoms with Crippen molar-refractivity contribution < 1.29 is 9.59 Å². The topological polar surface area (TPSA) is 52.7 Å². The highest BCUT2D eigenvalue weighted by molar-refractivity contribution is 6.30. The van der Waals surface area contributed by atoms with E-state index < -0.39 is 0 Å². The Labute approximate surface area is 154 Å². The smallest absolute Gasteiger partial charge is 0.320 e. The van der Waals surface area contributed by atoms with Gasteiger partial charge in [0.1, 0.15) is 0 Å². The molecule has 1 aromatic carbocycles. The second-order valence-electron chi connectivity index (χ2n) is 7.04. The predicted molar refractivity (Wildman–Crippen MR) is 98.5 cm³/mol. The lowest BCUT2D eigenvalue weighted by Gasteiger charge is -2.35. The summed E-state index contributed by atoms with van der Waals surface area (Å²) in [6, 6.07) is 7.54. The third kappa shape index (κ3) is 4.46. The van der Waals surface area contributed by atoms with Crippen molar-refractivity contribution in [2.75, 3.05) is 26.2 Å². The van der Waals surface area contributed by atoms with Gasteiger partial charge in [0, 0.05) is 31.2 Å². The Morgan fingerprint density at radius 1 is 1.08 bits per heavy atom. The Kier molecular flexibility index (Phi) is 5.84. The average molecular weight is 364 g/mol. The standard InChI is InChI=1S/C19H26ClN3O2/c1-14(15-6-8-17(20)9-7-15)21-18(24)16-5-4-12-23(13-16)19(25)22-10-2-3-11-22/h6-9,14,16H,2-5,10-13H2,1H3,(H,21,24)/t14-,16+/m0/s1. The summed E-state index contributed by atoms with van der Waals surface area (Å²) < 4.78 is 0. The van der Waals surface area contributed by atoms with E-state index in [0.717, 1.165) is 50.9 Å². The molecule has 0 bridgehead atoms. The first-order valence-corrected chi connectivity index (χ1v) is 9.52. The third-order valence-corrected chi connectivity index (χ3v) is 5.42. The van der Waals surface area contributed by atoms with Crippen LogP contribution in [0.2, 0.25) is 5.02 Å². The Hall–Kier alpha value is -1.75. The molecule has 136 valence electrons. The van der Waals surface area contributed by atoms with Crippen LogP contribution in [0.15, 0.2) is 24.3 Å². The molecule has 1 aromatic rings. The molecule has 2 aliphatic rings. The minimum Gasteiger partial charge on any atom is -0.349 e. The summed E-state index contributed by atoms with van der Waals surface area (Å²) >= 11 is 5.91. The fraction of sp³-hybridized carbons (Fsp3) is 0.579. The molecule has 5 nitrogen and oxygen atoms in total. The van der Waals surface area contributed by atoms with Gasteiger partial charge in [0.25, 0.3) is 0 Å². The van der Waals surface area contributed by atoms with Crippen LogP contribution < -0.4 is 5.32 Å². The molecule has 0 unspecified atom stereocenters. The van der Waals surface area contributed by atoms with Crippen LogP contribution in [0.4, 0.5) is 4.79 Å². The SMILES string of the molecule is C[C@H](NC(=O)[C@@H]1CCCN(C(=O)N2CCCC2)C1)c1ccc(Cl)cc1. The summed E-state index contributed by atoms with van der Waals surface area (Å²) in [7, 11) is 0. The number of piperidine rings is 1. The molecule has 0 aliphatic carbocycles. The molecule has 0 saturated carbocycles. The van der Waals surface area contributed by atoms with Gasteiger partial charge in [-0.1, -0.05) is 23.7 Å². The summed E-state index contributed by atoms with van der Waals surface area (Å²) in [5.41, 5.74) is 1.03. The molecule has 2 atom stereocenters. The van der Waals surface area contributed by atoms with Crippen molar-refractivity contribution in [3.05, 3.63) is 34.9 Å². The van der Waals surface area contributed by atoms with Crippen LogP contribution >= 0.6 is 11.6 Å². The number of urea groups is 1. The van der Waals surface area contributed by atoms with Gasteiger partial charge in [-0.15, -0.1) is 0 Å². The third-order valence-electron chi connectivity index (χ3n) is 5.17. The van der Waals surface area contributed by atoms with Crippen molar-refractivity contribution in [1.29, 1.82) is 0 Å². The molecule has 0 aromatic heterocycles. The number of benzene rings is 1. The maximum Gasteiger partial charge on any atom is 0.320 e. The van der Waals surface area contributed by atoms with Crippen molar-refractivity contribution in [3.8, 4) is 0 Å². The largest absolute Gasteiger partial charge is 0.349 e. The van der Waals surface area contributed by atoms with Gasteiger partial charge in [-0.3, -0.25) is 4.79 Å². The minimum atomic E-state index is -0.130.